The number of aromatic hydroxyl groups is 1. The lowest BCUT2D eigenvalue weighted by Gasteiger charge is -2.44. The van der Waals surface area contributed by atoms with Gasteiger partial charge in [-0.25, -0.2) is 0 Å². The molecule has 6 rings (SSSR count). The molecule has 16 N–H and O–H groups in total. The predicted octanol–water partition coefficient (Wildman–Crippen LogP) is -3.74. The molecule has 1 saturated carbocycles. The van der Waals surface area contributed by atoms with Gasteiger partial charge in [0.1, 0.15) is 42.0 Å². The second kappa shape index (κ2) is 25.1. The van der Waals surface area contributed by atoms with E-state index in [1.165, 1.54) is 29.2 Å². The molecular formula is C50H65N13O13. The van der Waals surface area contributed by atoms with Gasteiger partial charge in [0, 0.05) is 62.3 Å². The van der Waals surface area contributed by atoms with Crippen LogP contribution in [-0.4, -0.2) is 147 Å². The van der Waals surface area contributed by atoms with E-state index < -0.39 is 170 Å². The molecule has 1 unspecified atom stereocenters. The summed E-state index contributed by atoms with van der Waals surface area (Å²) in [7, 11) is 0. The maximum absolute atomic E-state index is 14.6. The number of likely N-dealkylation sites (tertiary alicyclic amines) is 1. The highest BCUT2D eigenvalue weighted by molar-refractivity contribution is 6.00. The zero-order valence-corrected chi connectivity index (χ0v) is 42.0. The number of amides is 12. The Hall–Kier alpha value is -8.58. The predicted molar refractivity (Wildman–Crippen MR) is 269 cm³/mol. The van der Waals surface area contributed by atoms with Crippen LogP contribution in [0, 0.1) is 11.8 Å². The SMILES string of the molecule is CC[C@H](C)[C@@H]1NC(=O)[C@H](Cc2ccc(O)cc2)NC(=O)CCC(=O)NC[C@@H](C(=O)N2CCC23C[C@@H]3C(=O)N[C@@H](Cc2c[nH]c3ccccc23)C(=O)NCC(N)=O)NC(=O)[C@H](CC(N)=O)NC(=O)[C@H](CCC(N)=O)NC1=O. The topological polar surface area (TPSA) is 418 Å². The molecule has 12 amide bonds. The van der Waals surface area contributed by atoms with E-state index >= 15 is 0 Å². The maximum atomic E-state index is 14.6. The Kier molecular flexibility index (Phi) is 18.7. The molecule has 0 radical (unpaired) electrons. The summed E-state index contributed by atoms with van der Waals surface area (Å²) in [5.74, 6) is -11.8. The molecule has 3 heterocycles. The number of primary amides is 3. The molecule has 1 aromatic heterocycles. The number of aromatic nitrogens is 1. The smallest absolute Gasteiger partial charge is 0.247 e. The third-order valence-electron chi connectivity index (χ3n) is 14.0. The van der Waals surface area contributed by atoms with E-state index in [-0.39, 0.29) is 31.6 Å². The van der Waals surface area contributed by atoms with Crippen molar-refractivity contribution in [2.45, 2.75) is 120 Å². The fourth-order valence-electron chi connectivity index (χ4n) is 9.34. The minimum absolute atomic E-state index is 0.00768. The van der Waals surface area contributed by atoms with Crippen molar-refractivity contribution in [1.82, 2.24) is 52.4 Å². The van der Waals surface area contributed by atoms with E-state index in [0.717, 1.165) is 10.9 Å². The molecule has 3 aromatic rings. The minimum atomic E-state index is -1.82. The number of carbonyl (C=O) groups excluding carboxylic acids is 12. The number of hydrogen-bond donors (Lipinski definition) is 13. The summed E-state index contributed by atoms with van der Waals surface area (Å²) in [5, 5.41) is 31.0. The number of benzene rings is 2. The van der Waals surface area contributed by atoms with Crippen molar-refractivity contribution >= 4 is 81.8 Å². The average molecular weight is 1060 g/mol. The number of nitrogens with zero attached hydrogens (tertiary/aromatic N) is 1. The van der Waals surface area contributed by atoms with Crippen LogP contribution in [0.1, 0.15) is 76.3 Å². The van der Waals surface area contributed by atoms with E-state index in [0.29, 0.717) is 24.0 Å². The number of fused-ring (bicyclic) bond motifs is 1. The van der Waals surface area contributed by atoms with Crippen LogP contribution in [0.4, 0.5) is 0 Å². The standard InChI is InChI=1S/C50H65N13O13/c1-3-25(2)42-48(75)58-32(12-13-37(51)65)45(72)60-35(20-38(52)66)46(73)61-36(23-55-40(68)14-15-41(69)57-33(47(74)62-42)18-26-8-10-28(64)11-9-26)49(76)63-17-16-50(63)21-30(50)43(70)59-34(44(71)56-24-39(53)67)19-27-22-54-31-7-5-4-6-29(27)31/h4-11,22,25,30,32-36,42,54,64H,3,12-21,23-24H2,1-2H3,(H2,51,65)(H2,52,66)(H2,53,67)(H,55,68)(H,56,71)(H,57,69)(H,58,75)(H,59,70)(H,60,72)(H,61,73)(H,62,74)/t25-,30+,32-,33-,34-,35-,36-,42-,50?/m0/s1. The summed E-state index contributed by atoms with van der Waals surface area (Å²) in [6.45, 7) is 2.34. The largest absolute Gasteiger partial charge is 0.508 e. The van der Waals surface area contributed by atoms with Crippen molar-refractivity contribution in [3.8, 4) is 5.75 Å². The molecule has 0 bridgehead atoms. The Balaban J connectivity index is 1.26. The summed E-state index contributed by atoms with van der Waals surface area (Å²) in [6, 6.07) is 4.12. The molecule has 2 saturated heterocycles. The number of rotatable bonds is 17. The third-order valence-corrected chi connectivity index (χ3v) is 14.0. The number of aromatic amines is 1. The maximum Gasteiger partial charge on any atom is 0.247 e. The molecule has 26 heteroatoms. The van der Waals surface area contributed by atoms with Crippen molar-refractivity contribution in [2.24, 2.45) is 29.0 Å². The second-order valence-corrected chi connectivity index (χ2v) is 19.4. The summed E-state index contributed by atoms with van der Waals surface area (Å²) in [5.41, 5.74) is 17.1. The van der Waals surface area contributed by atoms with Crippen LogP contribution < -0.4 is 59.7 Å². The Labute approximate surface area is 435 Å². The first kappa shape index (κ1) is 56.7. The van der Waals surface area contributed by atoms with E-state index in [1.807, 2.05) is 18.2 Å². The van der Waals surface area contributed by atoms with Crippen LogP contribution >= 0.6 is 0 Å². The van der Waals surface area contributed by atoms with Crippen LogP contribution in [0.5, 0.6) is 5.75 Å². The zero-order chi connectivity index (χ0) is 55.4. The summed E-state index contributed by atoms with van der Waals surface area (Å²) >= 11 is 0. The van der Waals surface area contributed by atoms with Gasteiger partial charge in [0.2, 0.25) is 70.9 Å². The molecule has 2 aliphatic heterocycles. The van der Waals surface area contributed by atoms with Gasteiger partial charge in [-0.2, -0.15) is 0 Å². The quantitative estimate of drug-likeness (QED) is 0.0619. The molecule has 3 fully saturated rings. The minimum Gasteiger partial charge on any atom is -0.508 e. The number of nitrogens with two attached hydrogens (primary N) is 3. The van der Waals surface area contributed by atoms with Gasteiger partial charge in [-0.1, -0.05) is 50.6 Å². The van der Waals surface area contributed by atoms with Gasteiger partial charge in [0.15, 0.2) is 0 Å². The third kappa shape index (κ3) is 14.6. The molecule has 2 aromatic carbocycles. The number of hydrogen-bond acceptors (Lipinski definition) is 13. The van der Waals surface area contributed by atoms with Gasteiger partial charge in [-0.3, -0.25) is 57.5 Å². The van der Waals surface area contributed by atoms with Crippen molar-refractivity contribution < 1.29 is 62.6 Å². The lowest BCUT2D eigenvalue weighted by Crippen LogP contribution is -2.65. The van der Waals surface area contributed by atoms with Gasteiger partial charge in [-0.05, 0) is 54.5 Å². The number of phenols is 1. The van der Waals surface area contributed by atoms with Gasteiger partial charge < -0.3 is 74.7 Å². The summed E-state index contributed by atoms with van der Waals surface area (Å²) in [6.07, 6.45) is -0.329. The Morgan fingerprint density at radius 2 is 1.46 bits per heavy atom. The molecular weight excluding hydrogens is 991 g/mol. The highest BCUT2D eigenvalue weighted by Crippen LogP contribution is 2.57. The van der Waals surface area contributed by atoms with Gasteiger partial charge >= 0.3 is 0 Å². The molecule has 3 aliphatic rings. The van der Waals surface area contributed by atoms with Gasteiger partial charge in [-0.15, -0.1) is 0 Å². The lowest BCUT2D eigenvalue weighted by atomic mass is 9.95. The average Bonchev–Trinajstić information content (AvgIpc) is 4.09. The van der Waals surface area contributed by atoms with Crippen LogP contribution in [0.3, 0.4) is 0 Å². The fraction of sp³-hybridized carbons (Fsp3) is 0.480. The molecule has 76 heavy (non-hydrogen) atoms. The number of para-hydroxylation sites is 1. The highest BCUT2D eigenvalue weighted by Gasteiger charge is 2.68. The summed E-state index contributed by atoms with van der Waals surface area (Å²) < 4.78 is 0. The Bertz CT molecular complexity index is 2750. The Morgan fingerprint density at radius 1 is 0.789 bits per heavy atom. The summed E-state index contributed by atoms with van der Waals surface area (Å²) in [4.78, 5) is 166. The van der Waals surface area contributed by atoms with E-state index in [2.05, 4.69) is 47.5 Å². The molecule has 1 spiro atoms. The van der Waals surface area contributed by atoms with Gasteiger partial charge in [0.05, 0.1) is 24.4 Å². The second-order valence-electron chi connectivity index (χ2n) is 19.4. The van der Waals surface area contributed by atoms with E-state index in [4.69, 9.17) is 17.2 Å². The fourth-order valence-corrected chi connectivity index (χ4v) is 9.34. The normalized spacial score (nSPS) is 24.4. The first-order valence-corrected chi connectivity index (χ1v) is 24.9. The van der Waals surface area contributed by atoms with Crippen LogP contribution in [0.2, 0.25) is 0 Å². The van der Waals surface area contributed by atoms with Crippen LogP contribution in [-0.2, 0) is 70.4 Å². The van der Waals surface area contributed by atoms with E-state index in [9.17, 15) is 62.6 Å². The monoisotopic (exact) mass is 1060 g/mol. The molecule has 408 valence electrons. The zero-order valence-electron chi connectivity index (χ0n) is 42.0. The number of carbonyl (C=O) groups is 12. The van der Waals surface area contributed by atoms with Crippen molar-refractivity contribution in [1.29, 1.82) is 0 Å². The highest BCUT2D eigenvalue weighted by atomic mass is 16.3. The lowest BCUT2D eigenvalue weighted by molar-refractivity contribution is -0.147. The van der Waals surface area contributed by atoms with Gasteiger partial charge in [0.25, 0.3) is 0 Å². The molecule has 26 nitrogen and oxygen atoms in total. The first-order valence-electron chi connectivity index (χ1n) is 24.9. The first-order chi connectivity index (χ1) is 36.1. The molecule has 9 atom stereocenters. The van der Waals surface area contributed by atoms with Crippen LogP contribution in [0.25, 0.3) is 10.9 Å². The van der Waals surface area contributed by atoms with Crippen LogP contribution in [0.15, 0.2) is 54.7 Å². The number of phenolic OH excluding ortho intramolecular Hbond substituents is 1. The van der Waals surface area contributed by atoms with E-state index in [1.54, 1.807) is 26.1 Å². The van der Waals surface area contributed by atoms with Crippen molar-refractivity contribution in [3.63, 3.8) is 0 Å². The van der Waals surface area contributed by atoms with Crippen molar-refractivity contribution in [2.75, 3.05) is 19.6 Å². The molecule has 1 aliphatic carbocycles. The number of nitrogens with one attached hydrogen (secondary N) is 9. The number of H-pyrrole nitrogens is 1. The Morgan fingerprint density at radius 3 is 2.12 bits per heavy atom. The van der Waals surface area contributed by atoms with Crippen molar-refractivity contribution in [3.05, 3.63) is 65.9 Å².